The normalized spacial score (nSPS) is 24.0. The van der Waals surface area contributed by atoms with E-state index in [4.69, 9.17) is 4.74 Å². The molecule has 1 aliphatic rings. The lowest BCUT2D eigenvalue weighted by molar-refractivity contribution is -0.0722. The molecule has 2 heteroatoms. The van der Waals surface area contributed by atoms with E-state index in [1.165, 1.54) is 32.1 Å². The van der Waals surface area contributed by atoms with Crippen LogP contribution in [0.15, 0.2) is 0 Å². The molecule has 1 N–H and O–H groups in total. The zero-order valence-corrected chi connectivity index (χ0v) is 10.8. The minimum absolute atomic E-state index is 0.124. The monoisotopic (exact) mass is 213 g/mol. The van der Waals surface area contributed by atoms with E-state index in [2.05, 4.69) is 33.1 Å². The average Bonchev–Trinajstić information content (AvgIpc) is 2.68. The van der Waals surface area contributed by atoms with Crippen LogP contribution in [0.4, 0.5) is 0 Å². The molecule has 1 rings (SSSR count). The van der Waals surface area contributed by atoms with Crippen molar-refractivity contribution in [1.82, 2.24) is 5.32 Å². The van der Waals surface area contributed by atoms with Crippen molar-refractivity contribution in [3.8, 4) is 0 Å². The second kappa shape index (κ2) is 5.86. The van der Waals surface area contributed by atoms with Crippen molar-refractivity contribution in [2.75, 3.05) is 13.7 Å². The fourth-order valence-electron chi connectivity index (χ4n) is 3.11. The fraction of sp³-hybridized carbons (Fsp3) is 1.00. The van der Waals surface area contributed by atoms with Gasteiger partial charge in [0.05, 0.1) is 5.60 Å². The van der Waals surface area contributed by atoms with E-state index in [9.17, 15) is 0 Å². The largest absolute Gasteiger partial charge is 0.374 e. The maximum Gasteiger partial charge on any atom is 0.0837 e. The Kier molecular flexibility index (Phi) is 5.07. The number of ether oxygens (including phenoxy) is 1. The van der Waals surface area contributed by atoms with Crippen molar-refractivity contribution < 1.29 is 4.74 Å². The molecule has 1 fully saturated rings. The quantitative estimate of drug-likeness (QED) is 0.732. The summed E-state index contributed by atoms with van der Waals surface area (Å²) in [7, 11) is 2.08. The lowest BCUT2D eigenvalue weighted by Crippen LogP contribution is -2.53. The minimum atomic E-state index is 0.124. The maximum absolute atomic E-state index is 6.10. The van der Waals surface area contributed by atoms with Crippen molar-refractivity contribution >= 4 is 0 Å². The Morgan fingerprint density at radius 3 is 2.27 bits per heavy atom. The standard InChI is InChI=1S/C13H27NO/c1-5-11(3)12(14-4)13(15-6-2)9-7-8-10-13/h11-12,14H,5-10H2,1-4H3. The third-order valence-electron chi connectivity index (χ3n) is 3.97. The third kappa shape index (κ3) is 2.73. The predicted molar refractivity (Wildman–Crippen MR) is 65.1 cm³/mol. The molecular formula is C13H27NO. The summed E-state index contributed by atoms with van der Waals surface area (Å²) in [5.74, 6) is 0.694. The molecule has 0 radical (unpaired) electrons. The molecule has 0 aliphatic heterocycles. The summed E-state index contributed by atoms with van der Waals surface area (Å²) >= 11 is 0. The van der Waals surface area contributed by atoms with Crippen LogP contribution in [0, 0.1) is 5.92 Å². The molecule has 0 aromatic carbocycles. The van der Waals surface area contributed by atoms with Gasteiger partial charge in [0.15, 0.2) is 0 Å². The first-order chi connectivity index (χ1) is 7.20. The molecule has 15 heavy (non-hydrogen) atoms. The van der Waals surface area contributed by atoms with E-state index in [-0.39, 0.29) is 5.60 Å². The molecule has 0 spiro atoms. The number of rotatable bonds is 6. The summed E-state index contributed by atoms with van der Waals surface area (Å²) in [5, 5.41) is 3.50. The van der Waals surface area contributed by atoms with Gasteiger partial charge in [-0.2, -0.15) is 0 Å². The van der Waals surface area contributed by atoms with Gasteiger partial charge in [0, 0.05) is 12.6 Å². The Hall–Kier alpha value is -0.0800. The molecule has 2 nitrogen and oxygen atoms in total. The minimum Gasteiger partial charge on any atom is -0.374 e. The molecule has 0 bridgehead atoms. The zero-order chi connectivity index (χ0) is 11.3. The van der Waals surface area contributed by atoms with E-state index in [0.29, 0.717) is 12.0 Å². The number of hydrogen-bond acceptors (Lipinski definition) is 2. The summed E-state index contributed by atoms with van der Waals surface area (Å²) in [6, 6.07) is 0.518. The maximum atomic E-state index is 6.10. The SMILES string of the molecule is CCOC1(C(NC)C(C)CC)CCCC1. The molecule has 0 amide bonds. The Morgan fingerprint density at radius 1 is 1.27 bits per heavy atom. The van der Waals surface area contributed by atoms with E-state index < -0.39 is 0 Å². The first kappa shape index (κ1) is 13.0. The van der Waals surface area contributed by atoms with Crippen LogP contribution in [-0.2, 0) is 4.74 Å². The Labute approximate surface area is 94.8 Å². The Morgan fingerprint density at radius 2 is 1.87 bits per heavy atom. The lowest BCUT2D eigenvalue weighted by Gasteiger charge is -2.40. The smallest absolute Gasteiger partial charge is 0.0837 e. The molecule has 2 unspecified atom stereocenters. The van der Waals surface area contributed by atoms with Gasteiger partial charge in [-0.25, -0.2) is 0 Å². The lowest BCUT2D eigenvalue weighted by atomic mass is 9.82. The van der Waals surface area contributed by atoms with Crippen molar-refractivity contribution in [3.05, 3.63) is 0 Å². The highest BCUT2D eigenvalue weighted by atomic mass is 16.5. The molecule has 1 saturated carbocycles. The van der Waals surface area contributed by atoms with Crippen LogP contribution in [0.5, 0.6) is 0 Å². The van der Waals surface area contributed by atoms with Gasteiger partial charge in [-0.15, -0.1) is 0 Å². The summed E-state index contributed by atoms with van der Waals surface area (Å²) < 4.78 is 6.10. The van der Waals surface area contributed by atoms with Crippen molar-refractivity contribution in [2.45, 2.75) is 64.5 Å². The summed E-state index contributed by atoms with van der Waals surface area (Å²) in [4.78, 5) is 0. The van der Waals surface area contributed by atoms with Gasteiger partial charge in [0.2, 0.25) is 0 Å². The summed E-state index contributed by atoms with van der Waals surface area (Å²) in [5.41, 5.74) is 0.124. The van der Waals surface area contributed by atoms with Crippen LogP contribution in [0.25, 0.3) is 0 Å². The van der Waals surface area contributed by atoms with Crippen LogP contribution in [0.2, 0.25) is 0 Å². The van der Waals surface area contributed by atoms with Crippen LogP contribution in [0.1, 0.15) is 52.9 Å². The van der Waals surface area contributed by atoms with Gasteiger partial charge in [-0.05, 0) is 32.7 Å². The van der Waals surface area contributed by atoms with Crippen molar-refractivity contribution in [3.63, 3.8) is 0 Å². The zero-order valence-electron chi connectivity index (χ0n) is 10.8. The van der Waals surface area contributed by atoms with Gasteiger partial charge in [0.25, 0.3) is 0 Å². The highest BCUT2D eigenvalue weighted by Gasteiger charge is 2.43. The van der Waals surface area contributed by atoms with E-state index in [1.807, 2.05) is 0 Å². The predicted octanol–water partition coefficient (Wildman–Crippen LogP) is 2.97. The molecule has 0 heterocycles. The number of nitrogens with one attached hydrogen (secondary N) is 1. The first-order valence-corrected chi connectivity index (χ1v) is 6.51. The Balaban J connectivity index is 2.75. The number of likely N-dealkylation sites (N-methyl/N-ethyl adjacent to an activating group) is 1. The molecule has 1 aliphatic carbocycles. The highest BCUT2D eigenvalue weighted by molar-refractivity contribution is 4.98. The van der Waals surface area contributed by atoms with Crippen molar-refractivity contribution in [2.24, 2.45) is 5.92 Å². The van der Waals surface area contributed by atoms with E-state index in [1.54, 1.807) is 0 Å². The Bertz CT molecular complexity index is 175. The molecule has 0 aromatic heterocycles. The highest BCUT2D eigenvalue weighted by Crippen LogP contribution is 2.39. The van der Waals surface area contributed by atoms with Gasteiger partial charge >= 0.3 is 0 Å². The molecular weight excluding hydrogens is 186 g/mol. The van der Waals surface area contributed by atoms with Crippen molar-refractivity contribution in [1.29, 1.82) is 0 Å². The topological polar surface area (TPSA) is 21.3 Å². The third-order valence-corrected chi connectivity index (χ3v) is 3.97. The average molecular weight is 213 g/mol. The van der Waals surface area contributed by atoms with E-state index in [0.717, 1.165) is 6.61 Å². The van der Waals surface area contributed by atoms with Crippen LogP contribution < -0.4 is 5.32 Å². The van der Waals surface area contributed by atoms with E-state index >= 15 is 0 Å². The number of hydrogen-bond donors (Lipinski definition) is 1. The fourth-order valence-corrected chi connectivity index (χ4v) is 3.11. The van der Waals surface area contributed by atoms with Gasteiger partial charge in [-0.3, -0.25) is 0 Å². The molecule has 0 aromatic rings. The first-order valence-electron chi connectivity index (χ1n) is 6.51. The molecule has 90 valence electrons. The second-order valence-corrected chi connectivity index (χ2v) is 4.86. The van der Waals surface area contributed by atoms with Crippen LogP contribution in [0.3, 0.4) is 0 Å². The summed E-state index contributed by atoms with van der Waals surface area (Å²) in [6.45, 7) is 7.56. The molecule has 2 atom stereocenters. The van der Waals surface area contributed by atoms with Gasteiger partial charge < -0.3 is 10.1 Å². The van der Waals surface area contributed by atoms with Gasteiger partial charge in [0.1, 0.15) is 0 Å². The van der Waals surface area contributed by atoms with Crippen LogP contribution in [-0.4, -0.2) is 25.3 Å². The molecule has 0 saturated heterocycles. The summed E-state index contributed by atoms with van der Waals surface area (Å²) in [6.07, 6.45) is 6.34. The van der Waals surface area contributed by atoms with Crippen LogP contribution >= 0.6 is 0 Å². The van der Waals surface area contributed by atoms with Gasteiger partial charge in [-0.1, -0.05) is 33.1 Å². The second-order valence-electron chi connectivity index (χ2n) is 4.86.